The molecule has 0 radical (unpaired) electrons. The van der Waals surface area contributed by atoms with Crippen molar-refractivity contribution in [2.45, 2.75) is 25.8 Å². The normalized spacial score (nSPS) is 16.0. The quantitative estimate of drug-likeness (QED) is 0.861. The summed E-state index contributed by atoms with van der Waals surface area (Å²) in [6.07, 6.45) is 1.34. The van der Waals surface area contributed by atoms with Gasteiger partial charge >= 0.3 is 6.09 Å². The maximum atomic E-state index is 12.3. The molecule has 2 heterocycles. The molecule has 0 N–H and O–H groups in total. The van der Waals surface area contributed by atoms with Gasteiger partial charge in [0.1, 0.15) is 0 Å². The second-order valence-electron chi connectivity index (χ2n) is 4.81. The Balaban J connectivity index is 1.87. The van der Waals surface area contributed by atoms with Gasteiger partial charge in [-0.05, 0) is 31.2 Å². The third kappa shape index (κ3) is 3.30. The predicted molar refractivity (Wildman–Crippen MR) is 78.0 cm³/mol. The van der Waals surface area contributed by atoms with Gasteiger partial charge in [-0.25, -0.2) is 4.79 Å². The van der Waals surface area contributed by atoms with E-state index in [1.165, 1.54) is 11.3 Å². The number of rotatable bonds is 3. The number of likely N-dealkylation sites (tertiary alicyclic amines) is 1. The number of ether oxygens (including phenoxy) is 1. The Labute approximate surface area is 123 Å². The maximum Gasteiger partial charge on any atom is 0.409 e. The van der Waals surface area contributed by atoms with Crippen molar-refractivity contribution < 1.29 is 14.3 Å². The molecule has 1 aromatic heterocycles. The van der Waals surface area contributed by atoms with Crippen LogP contribution in [0.15, 0.2) is 17.5 Å². The lowest BCUT2D eigenvalue weighted by atomic mass is 10.0. The van der Waals surface area contributed by atoms with Crippen LogP contribution in [0.25, 0.3) is 0 Å². The summed E-state index contributed by atoms with van der Waals surface area (Å²) in [4.78, 5) is 28.1. The minimum atomic E-state index is -0.252. The molecule has 0 atom stereocenters. The monoisotopic (exact) mass is 296 g/mol. The van der Waals surface area contributed by atoms with Crippen LogP contribution in [-0.4, -0.2) is 54.6 Å². The third-order valence-corrected chi connectivity index (χ3v) is 4.45. The highest BCUT2D eigenvalue weighted by Crippen LogP contribution is 2.19. The summed E-state index contributed by atoms with van der Waals surface area (Å²) >= 11 is 1.46. The predicted octanol–water partition coefficient (Wildman–Crippen LogP) is 2.44. The Bertz CT molecular complexity index is 453. The van der Waals surface area contributed by atoms with Crippen molar-refractivity contribution in [3.8, 4) is 0 Å². The van der Waals surface area contributed by atoms with Crippen molar-refractivity contribution >= 4 is 23.3 Å². The summed E-state index contributed by atoms with van der Waals surface area (Å²) in [6, 6.07) is 3.92. The Morgan fingerprint density at radius 3 is 2.70 bits per heavy atom. The Morgan fingerprint density at radius 1 is 1.45 bits per heavy atom. The molecule has 1 aromatic rings. The van der Waals surface area contributed by atoms with Crippen LogP contribution in [0.5, 0.6) is 0 Å². The molecule has 5 nitrogen and oxygen atoms in total. The minimum Gasteiger partial charge on any atom is -0.450 e. The van der Waals surface area contributed by atoms with E-state index in [4.69, 9.17) is 4.74 Å². The first kappa shape index (κ1) is 14.8. The van der Waals surface area contributed by atoms with Crippen LogP contribution in [-0.2, 0) is 4.74 Å². The zero-order valence-electron chi connectivity index (χ0n) is 11.9. The number of piperidine rings is 1. The molecule has 0 spiro atoms. The average Bonchev–Trinajstić information content (AvgIpc) is 3.00. The average molecular weight is 296 g/mol. The SMILES string of the molecule is CCOC(=O)N1CCC(N(C)C(=O)c2cccs2)CC1. The van der Waals surface area contributed by atoms with Gasteiger partial charge in [-0.1, -0.05) is 6.07 Å². The lowest BCUT2D eigenvalue weighted by molar-refractivity contribution is 0.0606. The van der Waals surface area contributed by atoms with Crippen molar-refractivity contribution in [2.24, 2.45) is 0 Å². The molecule has 1 saturated heterocycles. The maximum absolute atomic E-state index is 12.3. The van der Waals surface area contributed by atoms with Gasteiger partial charge in [-0.3, -0.25) is 4.79 Å². The highest BCUT2D eigenvalue weighted by Gasteiger charge is 2.28. The highest BCUT2D eigenvalue weighted by molar-refractivity contribution is 7.12. The van der Waals surface area contributed by atoms with E-state index in [0.29, 0.717) is 19.7 Å². The summed E-state index contributed by atoms with van der Waals surface area (Å²) in [5.41, 5.74) is 0. The van der Waals surface area contributed by atoms with E-state index in [9.17, 15) is 9.59 Å². The van der Waals surface area contributed by atoms with Crippen LogP contribution >= 0.6 is 11.3 Å². The lowest BCUT2D eigenvalue weighted by Gasteiger charge is -2.36. The van der Waals surface area contributed by atoms with Gasteiger partial charge in [0.05, 0.1) is 11.5 Å². The molecular weight excluding hydrogens is 276 g/mol. The van der Waals surface area contributed by atoms with Crippen LogP contribution in [0.1, 0.15) is 29.4 Å². The third-order valence-electron chi connectivity index (χ3n) is 3.59. The molecule has 1 fully saturated rings. The van der Waals surface area contributed by atoms with E-state index in [1.54, 1.807) is 16.7 Å². The number of hydrogen-bond acceptors (Lipinski definition) is 4. The number of thiophene rings is 1. The van der Waals surface area contributed by atoms with Gasteiger partial charge in [0, 0.05) is 26.2 Å². The van der Waals surface area contributed by atoms with Gasteiger partial charge in [-0.2, -0.15) is 0 Å². The topological polar surface area (TPSA) is 49.9 Å². The van der Waals surface area contributed by atoms with E-state index < -0.39 is 0 Å². The van der Waals surface area contributed by atoms with Crippen LogP contribution in [0, 0.1) is 0 Å². The van der Waals surface area contributed by atoms with Crippen LogP contribution in [0.3, 0.4) is 0 Å². The van der Waals surface area contributed by atoms with Gasteiger partial charge in [0.2, 0.25) is 0 Å². The molecule has 2 rings (SSSR count). The number of carbonyl (C=O) groups is 2. The highest BCUT2D eigenvalue weighted by atomic mass is 32.1. The van der Waals surface area contributed by atoms with E-state index in [-0.39, 0.29) is 18.0 Å². The van der Waals surface area contributed by atoms with Gasteiger partial charge in [0.15, 0.2) is 0 Å². The molecule has 0 saturated carbocycles. The molecule has 20 heavy (non-hydrogen) atoms. The zero-order valence-corrected chi connectivity index (χ0v) is 12.7. The molecule has 0 bridgehead atoms. The number of nitrogens with zero attached hydrogens (tertiary/aromatic N) is 2. The summed E-state index contributed by atoms with van der Waals surface area (Å²) < 4.78 is 4.99. The fourth-order valence-corrected chi connectivity index (χ4v) is 3.10. The van der Waals surface area contributed by atoms with Crippen molar-refractivity contribution in [1.82, 2.24) is 9.80 Å². The van der Waals surface area contributed by atoms with Gasteiger partial charge < -0.3 is 14.5 Å². The first-order chi connectivity index (χ1) is 9.63. The second kappa shape index (κ2) is 6.74. The lowest BCUT2D eigenvalue weighted by Crippen LogP contribution is -2.47. The first-order valence-corrected chi connectivity index (χ1v) is 7.73. The smallest absolute Gasteiger partial charge is 0.409 e. The van der Waals surface area contributed by atoms with Crippen molar-refractivity contribution in [3.63, 3.8) is 0 Å². The van der Waals surface area contributed by atoms with Crippen LogP contribution < -0.4 is 0 Å². The summed E-state index contributed by atoms with van der Waals surface area (Å²) in [7, 11) is 1.84. The molecule has 110 valence electrons. The Hall–Kier alpha value is -1.56. The van der Waals surface area contributed by atoms with Crippen LogP contribution in [0.2, 0.25) is 0 Å². The summed E-state index contributed by atoms with van der Waals surface area (Å²) in [6.45, 7) is 3.49. The van der Waals surface area contributed by atoms with Crippen molar-refractivity contribution in [3.05, 3.63) is 22.4 Å². The van der Waals surface area contributed by atoms with E-state index in [1.807, 2.05) is 24.6 Å². The number of carbonyl (C=O) groups excluding carboxylic acids is 2. The fourth-order valence-electron chi connectivity index (χ4n) is 2.39. The van der Waals surface area contributed by atoms with Crippen LogP contribution in [0.4, 0.5) is 4.79 Å². The Morgan fingerprint density at radius 2 is 2.15 bits per heavy atom. The fraction of sp³-hybridized carbons (Fsp3) is 0.571. The van der Waals surface area contributed by atoms with Gasteiger partial charge in [-0.15, -0.1) is 11.3 Å². The largest absolute Gasteiger partial charge is 0.450 e. The van der Waals surface area contributed by atoms with E-state index in [0.717, 1.165) is 17.7 Å². The minimum absolute atomic E-state index is 0.0644. The molecule has 1 aliphatic rings. The zero-order chi connectivity index (χ0) is 14.5. The molecule has 0 unspecified atom stereocenters. The molecule has 2 amide bonds. The molecule has 0 aromatic carbocycles. The number of amides is 2. The Kier molecular flexibility index (Phi) is 5.00. The molecule has 0 aliphatic carbocycles. The molecule has 6 heteroatoms. The van der Waals surface area contributed by atoms with Gasteiger partial charge in [0.25, 0.3) is 5.91 Å². The summed E-state index contributed by atoms with van der Waals surface area (Å²) in [5, 5.41) is 1.91. The molecular formula is C14H20N2O3S. The standard InChI is InChI=1S/C14H20N2O3S/c1-3-19-14(18)16-8-6-11(7-9-16)15(2)13(17)12-5-4-10-20-12/h4-5,10-11H,3,6-9H2,1-2H3. The summed E-state index contributed by atoms with van der Waals surface area (Å²) in [5.74, 6) is 0.0644. The van der Waals surface area contributed by atoms with Crippen molar-refractivity contribution in [2.75, 3.05) is 26.7 Å². The second-order valence-corrected chi connectivity index (χ2v) is 5.76. The van der Waals surface area contributed by atoms with Crippen molar-refractivity contribution in [1.29, 1.82) is 0 Å². The number of hydrogen-bond donors (Lipinski definition) is 0. The van der Waals surface area contributed by atoms with E-state index in [2.05, 4.69) is 0 Å². The van der Waals surface area contributed by atoms with E-state index >= 15 is 0 Å². The first-order valence-electron chi connectivity index (χ1n) is 6.85. The molecule has 1 aliphatic heterocycles.